The lowest BCUT2D eigenvalue weighted by Gasteiger charge is -2.11. The monoisotopic (exact) mass is 259 g/mol. The van der Waals surface area contributed by atoms with E-state index in [9.17, 15) is 4.79 Å². The molecule has 1 aliphatic carbocycles. The van der Waals surface area contributed by atoms with Crippen LogP contribution < -0.4 is 9.47 Å². The molecule has 0 N–H and O–H groups in total. The molecule has 1 heterocycles. The predicted octanol–water partition coefficient (Wildman–Crippen LogP) is 2.26. The number of ether oxygens (including phenoxy) is 3. The lowest BCUT2D eigenvalue weighted by Crippen LogP contribution is -2.15. The summed E-state index contributed by atoms with van der Waals surface area (Å²) in [7, 11) is 0. The van der Waals surface area contributed by atoms with E-state index in [-0.39, 0.29) is 24.8 Å². The van der Waals surface area contributed by atoms with E-state index in [2.05, 4.69) is 6.07 Å². The van der Waals surface area contributed by atoms with Crippen LogP contribution in [0.15, 0.2) is 18.2 Å². The summed E-state index contributed by atoms with van der Waals surface area (Å²) in [5, 5.41) is 8.82. The fraction of sp³-hybridized carbons (Fsp3) is 0.429. The summed E-state index contributed by atoms with van der Waals surface area (Å²) < 4.78 is 15.8. The highest BCUT2D eigenvalue weighted by atomic mass is 16.7. The SMILES string of the molecule is N#C[C@@H]1CC[C@@H](OC(=O)c2ccc3c(c2)OCO3)C1. The summed E-state index contributed by atoms with van der Waals surface area (Å²) in [6, 6.07) is 7.20. The van der Waals surface area contributed by atoms with Crippen LogP contribution in [0, 0.1) is 17.2 Å². The molecule has 3 rings (SSSR count). The number of rotatable bonds is 2. The van der Waals surface area contributed by atoms with Gasteiger partial charge in [0, 0.05) is 12.3 Å². The fourth-order valence-electron chi connectivity index (χ4n) is 2.41. The molecule has 0 saturated heterocycles. The Morgan fingerprint density at radius 2 is 2.16 bits per heavy atom. The third kappa shape index (κ3) is 2.34. The Morgan fingerprint density at radius 1 is 1.32 bits per heavy atom. The van der Waals surface area contributed by atoms with Crippen LogP contribution in [0.5, 0.6) is 11.5 Å². The van der Waals surface area contributed by atoms with E-state index in [0.29, 0.717) is 23.5 Å². The van der Waals surface area contributed by atoms with E-state index in [1.165, 1.54) is 0 Å². The second kappa shape index (κ2) is 4.81. The molecule has 5 nitrogen and oxygen atoms in total. The van der Waals surface area contributed by atoms with Crippen LogP contribution in [0.1, 0.15) is 29.6 Å². The lowest BCUT2D eigenvalue weighted by molar-refractivity contribution is 0.0313. The van der Waals surface area contributed by atoms with Gasteiger partial charge in [-0.15, -0.1) is 0 Å². The van der Waals surface area contributed by atoms with Crippen LogP contribution in [0.4, 0.5) is 0 Å². The van der Waals surface area contributed by atoms with Gasteiger partial charge in [-0.25, -0.2) is 4.79 Å². The average Bonchev–Trinajstić information content (AvgIpc) is 3.05. The summed E-state index contributed by atoms with van der Waals surface area (Å²) in [6.07, 6.45) is 2.04. The molecule has 0 amide bonds. The zero-order chi connectivity index (χ0) is 13.2. The first kappa shape index (κ1) is 11.8. The molecule has 0 unspecified atom stereocenters. The summed E-state index contributed by atoms with van der Waals surface area (Å²) >= 11 is 0. The van der Waals surface area contributed by atoms with Crippen LogP contribution in [0.2, 0.25) is 0 Å². The largest absolute Gasteiger partial charge is 0.459 e. The van der Waals surface area contributed by atoms with Gasteiger partial charge in [0.2, 0.25) is 6.79 Å². The van der Waals surface area contributed by atoms with Crippen molar-refractivity contribution in [3.8, 4) is 17.6 Å². The number of hydrogen-bond acceptors (Lipinski definition) is 5. The second-order valence-corrected chi connectivity index (χ2v) is 4.73. The molecule has 0 radical (unpaired) electrons. The van der Waals surface area contributed by atoms with Crippen molar-refractivity contribution in [3.63, 3.8) is 0 Å². The Labute approximate surface area is 110 Å². The maximum absolute atomic E-state index is 12.0. The molecule has 0 aromatic heterocycles. The number of carbonyl (C=O) groups is 1. The van der Waals surface area contributed by atoms with E-state index in [1.54, 1.807) is 18.2 Å². The van der Waals surface area contributed by atoms with E-state index < -0.39 is 0 Å². The minimum absolute atomic E-state index is 0.00885. The Kier molecular flexibility index (Phi) is 3.00. The molecule has 98 valence electrons. The van der Waals surface area contributed by atoms with Crippen molar-refractivity contribution in [1.82, 2.24) is 0 Å². The molecule has 1 saturated carbocycles. The van der Waals surface area contributed by atoms with Gasteiger partial charge in [-0.1, -0.05) is 0 Å². The highest BCUT2D eigenvalue weighted by molar-refractivity contribution is 5.90. The van der Waals surface area contributed by atoms with Gasteiger partial charge in [0.15, 0.2) is 11.5 Å². The number of nitrogens with zero attached hydrogens (tertiary/aromatic N) is 1. The fourth-order valence-corrected chi connectivity index (χ4v) is 2.41. The van der Waals surface area contributed by atoms with Crippen molar-refractivity contribution in [2.45, 2.75) is 25.4 Å². The van der Waals surface area contributed by atoms with Crippen LogP contribution in [-0.2, 0) is 4.74 Å². The van der Waals surface area contributed by atoms with Crippen molar-refractivity contribution in [2.24, 2.45) is 5.92 Å². The number of esters is 1. The van der Waals surface area contributed by atoms with Crippen molar-refractivity contribution in [2.75, 3.05) is 6.79 Å². The lowest BCUT2D eigenvalue weighted by atomic mass is 10.1. The molecule has 1 aromatic rings. The molecule has 5 heteroatoms. The molecule has 2 atom stereocenters. The highest BCUT2D eigenvalue weighted by Crippen LogP contribution is 2.33. The van der Waals surface area contributed by atoms with Crippen LogP contribution in [0.25, 0.3) is 0 Å². The normalized spacial score (nSPS) is 23.9. The van der Waals surface area contributed by atoms with E-state index in [0.717, 1.165) is 12.8 Å². The average molecular weight is 259 g/mol. The molecule has 19 heavy (non-hydrogen) atoms. The molecule has 1 fully saturated rings. The van der Waals surface area contributed by atoms with Gasteiger partial charge in [-0.2, -0.15) is 5.26 Å². The third-order valence-corrected chi connectivity index (χ3v) is 3.45. The quantitative estimate of drug-likeness (QED) is 0.762. The van der Waals surface area contributed by atoms with Crippen LogP contribution in [0.3, 0.4) is 0 Å². The Balaban J connectivity index is 1.66. The van der Waals surface area contributed by atoms with Gasteiger partial charge < -0.3 is 14.2 Å². The zero-order valence-corrected chi connectivity index (χ0v) is 10.3. The summed E-state index contributed by atoms with van der Waals surface area (Å²) in [6.45, 7) is 0.181. The molecular weight excluding hydrogens is 246 g/mol. The summed E-state index contributed by atoms with van der Waals surface area (Å²) in [5.41, 5.74) is 0.449. The third-order valence-electron chi connectivity index (χ3n) is 3.45. The zero-order valence-electron chi connectivity index (χ0n) is 10.3. The number of carbonyl (C=O) groups excluding carboxylic acids is 1. The van der Waals surface area contributed by atoms with Gasteiger partial charge in [-0.3, -0.25) is 0 Å². The first-order valence-electron chi connectivity index (χ1n) is 6.26. The summed E-state index contributed by atoms with van der Waals surface area (Å²) in [4.78, 5) is 12.0. The highest BCUT2D eigenvalue weighted by Gasteiger charge is 2.28. The molecular formula is C14H13NO4. The smallest absolute Gasteiger partial charge is 0.338 e. The Hall–Kier alpha value is -2.22. The number of nitriles is 1. The van der Waals surface area contributed by atoms with E-state index in [1.807, 2.05) is 0 Å². The van der Waals surface area contributed by atoms with Crippen molar-refractivity contribution < 1.29 is 19.0 Å². The van der Waals surface area contributed by atoms with Gasteiger partial charge in [-0.05, 0) is 31.0 Å². The van der Waals surface area contributed by atoms with E-state index in [4.69, 9.17) is 19.5 Å². The van der Waals surface area contributed by atoms with Crippen molar-refractivity contribution in [1.29, 1.82) is 5.26 Å². The Morgan fingerprint density at radius 3 is 2.95 bits per heavy atom. The molecule has 0 spiro atoms. The molecule has 1 aliphatic heterocycles. The molecule has 1 aromatic carbocycles. The van der Waals surface area contributed by atoms with Gasteiger partial charge in [0.1, 0.15) is 6.10 Å². The minimum atomic E-state index is -0.373. The standard InChI is InChI=1S/C14H13NO4/c15-7-9-1-3-11(5-9)19-14(16)10-2-4-12-13(6-10)18-8-17-12/h2,4,6,9,11H,1,3,5,8H2/t9-,11-/m1/s1. The minimum Gasteiger partial charge on any atom is -0.459 e. The topological polar surface area (TPSA) is 68.5 Å². The number of fused-ring (bicyclic) bond motifs is 1. The summed E-state index contributed by atoms with van der Waals surface area (Å²) in [5.74, 6) is 0.842. The van der Waals surface area contributed by atoms with Gasteiger partial charge in [0.05, 0.1) is 11.6 Å². The first-order valence-corrected chi connectivity index (χ1v) is 6.26. The number of hydrogen-bond donors (Lipinski definition) is 0. The molecule has 0 bridgehead atoms. The Bertz CT molecular complexity index is 549. The van der Waals surface area contributed by atoms with Gasteiger partial charge >= 0.3 is 5.97 Å². The number of benzene rings is 1. The predicted molar refractivity (Wildman–Crippen MR) is 64.7 cm³/mol. The maximum Gasteiger partial charge on any atom is 0.338 e. The molecule has 2 aliphatic rings. The second-order valence-electron chi connectivity index (χ2n) is 4.73. The first-order chi connectivity index (χ1) is 9.26. The van der Waals surface area contributed by atoms with Crippen molar-refractivity contribution >= 4 is 5.97 Å². The van der Waals surface area contributed by atoms with E-state index >= 15 is 0 Å². The van der Waals surface area contributed by atoms with Crippen LogP contribution >= 0.6 is 0 Å². The van der Waals surface area contributed by atoms with Gasteiger partial charge in [0.25, 0.3) is 0 Å². The van der Waals surface area contributed by atoms with Crippen molar-refractivity contribution in [3.05, 3.63) is 23.8 Å². The van der Waals surface area contributed by atoms with Crippen LogP contribution in [-0.4, -0.2) is 18.9 Å². The maximum atomic E-state index is 12.0.